The molecule has 8 nitrogen and oxygen atoms in total. The van der Waals surface area contributed by atoms with Gasteiger partial charge in [-0.2, -0.15) is 5.10 Å². The highest BCUT2D eigenvalue weighted by Gasteiger charge is 2.24. The normalized spacial score (nSPS) is 16.4. The lowest BCUT2D eigenvalue weighted by molar-refractivity contribution is 0.252. The van der Waals surface area contributed by atoms with E-state index in [1.54, 1.807) is 17.3 Å². The van der Waals surface area contributed by atoms with E-state index in [-0.39, 0.29) is 6.03 Å². The van der Waals surface area contributed by atoms with Gasteiger partial charge < -0.3 is 10.6 Å². The molecule has 2 aliphatic rings. The second-order valence-electron chi connectivity index (χ2n) is 6.76. The summed E-state index contributed by atoms with van der Waals surface area (Å²) in [5.74, 6) is 0.533. The monoisotopic (exact) mass is 361 g/mol. The minimum absolute atomic E-state index is 0.0528. The SMILES string of the molecule is O=C1NCCN1c1ccc(-c2ccnc(Nc3cnn(C4CC4)c3)n2)cc1. The molecule has 0 unspecified atom stereocenters. The Morgan fingerprint density at radius 2 is 2.00 bits per heavy atom. The summed E-state index contributed by atoms with van der Waals surface area (Å²) in [6.07, 6.45) is 7.91. The number of nitrogens with one attached hydrogen (secondary N) is 2. The first kappa shape index (κ1) is 15.8. The zero-order chi connectivity index (χ0) is 18.2. The molecule has 1 aliphatic heterocycles. The summed E-state index contributed by atoms with van der Waals surface area (Å²) in [4.78, 5) is 22.4. The highest BCUT2D eigenvalue weighted by molar-refractivity contribution is 5.94. The van der Waals surface area contributed by atoms with Crippen LogP contribution in [0.25, 0.3) is 11.3 Å². The summed E-state index contributed by atoms with van der Waals surface area (Å²) in [5.41, 5.74) is 3.56. The number of aromatic nitrogens is 4. The Morgan fingerprint density at radius 1 is 1.15 bits per heavy atom. The number of nitrogens with zero attached hydrogens (tertiary/aromatic N) is 5. The molecular weight excluding hydrogens is 342 g/mol. The molecule has 1 aliphatic carbocycles. The lowest BCUT2D eigenvalue weighted by Crippen LogP contribution is -2.27. The zero-order valence-corrected chi connectivity index (χ0v) is 14.7. The highest BCUT2D eigenvalue weighted by atomic mass is 16.2. The standard InChI is InChI=1S/C19H19N7O/c27-19-21-9-10-25(19)15-3-1-13(2-4-15)17-7-8-20-18(24-17)23-14-11-22-26(12-14)16-5-6-16/h1-4,7-8,11-12,16H,5-6,9-10H2,(H,21,27)(H,20,23,24). The van der Waals surface area contributed by atoms with Gasteiger partial charge in [-0.15, -0.1) is 0 Å². The Balaban J connectivity index is 1.34. The molecule has 0 spiro atoms. The predicted molar refractivity (Wildman–Crippen MR) is 102 cm³/mol. The smallest absolute Gasteiger partial charge is 0.321 e. The lowest BCUT2D eigenvalue weighted by Gasteiger charge is -2.14. The van der Waals surface area contributed by atoms with Crippen molar-refractivity contribution in [2.75, 3.05) is 23.3 Å². The van der Waals surface area contributed by atoms with Gasteiger partial charge in [0.2, 0.25) is 5.95 Å². The van der Waals surface area contributed by atoms with Crippen LogP contribution in [0.5, 0.6) is 0 Å². The van der Waals surface area contributed by atoms with Crippen molar-refractivity contribution in [3.8, 4) is 11.3 Å². The van der Waals surface area contributed by atoms with Crippen LogP contribution in [-0.4, -0.2) is 38.9 Å². The molecule has 1 saturated heterocycles. The van der Waals surface area contributed by atoms with Gasteiger partial charge in [0.15, 0.2) is 0 Å². The van der Waals surface area contributed by atoms with E-state index < -0.39 is 0 Å². The van der Waals surface area contributed by atoms with Crippen molar-refractivity contribution >= 4 is 23.4 Å². The first-order valence-corrected chi connectivity index (χ1v) is 9.06. The molecule has 0 radical (unpaired) electrons. The van der Waals surface area contributed by atoms with Gasteiger partial charge in [-0.05, 0) is 31.0 Å². The molecule has 3 heterocycles. The molecule has 136 valence electrons. The Morgan fingerprint density at radius 3 is 2.74 bits per heavy atom. The van der Waals surface area contributed by atoms with Crippen LogP contribution in [-0.2, 0) is 0 Å². The molecule has 2 aromatic heterocycles. The average Bonchev–Trinajstić information content (AvgIpc) is 3.30. The number of carbonyl (C=O) groups is 1. The van der Waals surface area contributed by atoms with Crippen LogP contribution < -0.4 is 15.5 Å². The van der Waals surface area contributed by atoms with Gasteiger partial charge in [0, 0.05) is 36.7 Å². The maximum absolute atomic E-state index is 11.8. The number of benzene rings is 1. The second kappa shape index (κ2) is 6.39. The van der Waals surface area contributed by atoms with Crippen molar-refractivity contribution in [1.29, 1.82) is 0 Å². The molecule has 0 bridgehead atoms. The maximum atomic E-state index is 11.8. The van der Waals surface area contributed by atoms with Crippen LogP contribution in [0.3, 0.4) is 0 Å². The number of rotatable bonds is 5. The van der Waals surface area contributed by atoms with Gasteiger partial charge in [0.05, 0.1) is 23.6 Å². The van der Waals surface area contributed by atoms with Crippen molar-refractivity contribution in [3.63, 3.8) is 0 Å². The number of carbonyl (C=O) groups excluding carboxylic acids is 1. The summed E-state index contributed by atoms with van der Waals surface area (Å²) in [6, 6.07) is 10.2. The molecule has 8 heteroatoms. The van der Waals surface area contributed by atoms with Crippen molar-refractivity contribution in [1.82, 2.24) is 25.1 Å². The van der Waals surface area contributed by atoms with Crippen molar-refractivity contribution < 1.29 is 4.79 Å². The molecule has 1 aromatic carbocycles. The van der Waals surface area contributed by atoms with Crippen LogP contribution in [0.4, 0.5) is 22.1 Å². The molecule has 2 N–H and O–H groups in total. The summed E-state index contributed by atoms with van der Waals surface area (Å²) in [6.45, 7) is 1.37. The fourth-order valence-corrected chi connectivity index (χ4v) is 3.18. The van der Waals surface area contributed by atoms with Crippen molar-refractivity contribution in [2.24, 2.45) is 0 Å². The highest BCUT2D eigenvalue weighted by Crippen LogP contribution is 2.34. The number of hydrogen-bond acceptors (Lipinski definition) is 5. The largest absolute Gasteiger partial charge is 0.336 e. The number of anilines is 3. The predicted octanol–water partition coefficient (Wildman–Crippen LogP) is 2.95. The topological polar surface area (TPSA) is 88.0 Å². The van der Waals surface area contributed by atoms with E-state index in [1.807, 2.05) is 41.2 Å². The quantitative estimate of drug-likeness (QED) is 0.729. The van der Waals surface area contributed by atoms with E-state index in [0.29, 0.717) is 25.1 Å². The van der Waals surface area contributed by atoms with E-state index in [4.69, 9.17) is 0 Å². The number of amides is 2. The third kappa shape index (κ3) is 3.21. The van der Waals surface area contributed by atoms with Gasteiger partial charge in [0.1, 0.15) is 0 Å². The Hall–Kier alpha value is -3.42. The van der Waals surface area contributed by atoms with Crippen LogP contribution >= 0.6 is 0 Å². The van der Waals surface area contributed by atoms with Gasteiger partial charge in [-0.25, -0.2) is 14.8 Å². The molecule has 2 amide bonds. The first-order valence-electron chi connectivity index (χ1n) is 9.06. The van der Waals surface area contributed by atoms with Crippen LogP contribution in [0, 0.1) is 0 Å². The molecule has 1 saturated carbocycles. The summed E-state index contributed by atoms with van der Waals surface area (Å²) in [5, 5.41) is 10.4. The number of urea groups is 1. The first-order chi connectivity index (χ1) is 13.3. The van der Waals surface area contributed by atoms with Crippen molar-refractivity contribution in [2.45, 2.75) is 18.9 Å². The number of hydrogen-bond donors (Lipinski definition) is 2. The second-order valence-corrected chi connectivity index (χ2v) is 6.76. The van der Waals surface area contributed by atoms with E-state index in [9.17, 15) is 4.79 Å². The Kier molecular flexibility index (Phi) is 3.74. The average molecular weight is 361 g/mol. The van der Waals surface area contributed by atoms with Crippen molar-refractivity contribution in [3.05, 3.63) is 48.9 Å². The Labute approximate surface area is 156 Å². The fraction of sp³-hybridized carbons (Fsp3) is 0.263. The molecule has 5 rings (SSSR count). The summed E-state index contributed by atoms with van der Waals surface area (Å²) >= 11 is 0. The fourth-order valence-electron chi connectivity index (χ4n) is 3.18. The Bertz CT molecular complexity index is 978. The van der Waals surface area contributed by atoms with Crippen LogP contribution in [0.2, 0.25) is 0 Å². The third-order valence-corrected chi connectivity index (χ3v) is 4.77. The third-order valence-electron chi connectivity index (χ3n) is 4.77. The van der Waals surface area contributed by atoms with E-state index in [0.717, 1.165) is 22.6 Å². The zero-order valence-electron chi connectivity index (χ0n) is 14.7. The van der Waals surface area contributed by atoms with Gasteiger partial charge in [-0.1, -0.05) is 12.1 Å². The van der Waals surface area contributed by atoms with E-state index in [2.05, 4.69) is 25.7 Å². The summed E-state index contributed by atoms with van der Waals surface area (Å²) in [7, 11) is 0. The molecule has 27 heavy (non-hydrogen) atoms. The minimum Gasteiger partial charge on any atom is -0.336 e. The molecular formula is C19H19N7O. The summed E-state index contributed by atoms with van der Waals surface area (Å²) < 4.78 is 1.99. The van der Waals surface area contributed by atoms with Crippen LogP contribution in [0.15, 0.2) is 48.9 Å². The molecule has 3 aromatic rings. The minimum atomic E-state index is -0.0528. The molecule has 0 atom stereocenters. The molecule has 2 fully saturated rings. The van der Waals surface area contributed by atoms with Gasteiger partial charge >= 0.3 is 6.03 Å². The van der Waals surface area contributed by atoms with Gasteiger partial charge in [-0.3, -0.25) is 9.58 Å². The lowest BCUT2D eigenvalue weighted by atomic mass is 10.1. The maximum Gasteiger partial charge on any atom is 0.321 e. The van der Waals surface area contributed by atoms with Crippen LogP contribution in [0.1, 0.15) is 18.9 Å². The van der Waals surface area contributed by atoms with E-state index >= 15 is 0 Å². The van der Waals surface area contributed by atoms with Gasteiger partial charge in [0.25, 0.3) is 0 Å². The van der Waals surface area contributed by atoms with E-state index in [1.165, 1.54) is 12.8 Å².